The lowest BCUT2D eigenvalue weighted by molar-refractivity contribution is 0.780. The summed E-state index contributed by atoms with van der Waals surface area (Å²) >= 11 is 0. The number of aryl methyl sites for hydroxylation is 2. The molecule has 0 aliphatic heterocycles. The third-order valence-electron chi connectivity index (χ3n) is 3.22. The molecule has 2 aromatic heterocycles. The number of rotatable bonds is 1. The van der Waals surface area contributed by atoms with Gasteiger partial charge in [-0.2, -0.15) is 10.4 Å². The van der Waals surface area contributed by atoms with Crippen molar-refractivity contribution in [2.45, 2.75) is 6.92 Å². The van der Waals surface area contributed by atoms with Crippen LogP contribution in [0.3, 0.4) is 0 Å². The first kappa shape index (κ1) is 12.2. The number of nitriles is 1. The van der Waals surface area contributed by atoms with Gasteiger partial charge in [0.05, 0.1) is 0 Å². The van der Waals surface area contributed by atoms with E-state index in [0.717, 1.165) is 22.2 Å². The minimum absolute atomic E-state index is 0.119. The van der Waals surface area contributed by atoms with Gasteiger partial charge in [-0.15, -0.1) is 0 Å². The van der Waals surface area contributed by atoms with Gasteiger partial charge in [0.1, 0.15) is 17.1 Å². The average molecular weight is 264 g/mol. The molecule has 5 nitrogen and oxygen atoms in total. The standard InChI is InChI=1S/C15H12N4O/c1-9-6-12(13(7-16)15(20)17-9)11-5-3-4-10-8-19(2)18-14(10)11/h3-6,8H,1-2H3,(H,17,20). The summed E-state index contributed by atoms with van der Waals surface area (Å²) in [4.78, 5) is 14.6. The van der Waals surface area contributed by atoms with Gasteiger partial charge in [-0.3, -0.25) is 9.48 Å². The summed E-state index contributed by atoms with van der Waals surface area (Å²) in [6, 6.07) is 9.53. The fraction of sp³-hybridized carbons (Fsp3) is 0.133. The SMILES string of the molecule is Cc1cc(-c2cccc3cn(C)nc23)c(C#N)c(=O)[nH]1. The number of nitrogens with zero attached hydrogens (tertiary/aromatic N) is 3. The van der Waals surface area contributed by atoms with Gasteiger partial charge in [-0.25, -0.2) is 0 Å². The van der Waals surface area contributed by atoms with E-state index >= 15 is 0 Å². The second-order valence-corrected chi connectivity index (χ2v) is 4.73. The first-order valence-electron chi connectivity index (χ1n) is 6.17. The molecule has 20 heavy (non-hydrogen) atoms. The molecule has 5 heteroatoms. The highest BCUT2D eigenvalue weighted by atomic mass is 16.1. The van der Waals surface area contributed by atoms with Crippen molar-refractivity contribution in [2.75, 3.05) is 0 Å². The largest absolute Gasteiger partial charge is 0.325 e. The molecule has 0 bridgehead atoms. The summed E-state index contributed by atoms with van der Waals surface area (Å²) in [6.45, 7) is 1.80. The molecule has 1 aromatic carbocycles. The lowest BCUT2D eigenvalue weighted by atomic mass is 9.99. The van der Waals surface area contributed by atoms with Gasteiger partial charge in [-0.05, 0) is 13.0 Å². The van der Waals surface area contributed by atoms with Crippen molar-refractivity contribution < 1.29 is 0 Å². The molecule has 0 aliphatic rings. The van der Waals surface area contributed by atoms with Crippen molar-refractivity contribution in [3.63, 3.8) is 0 Å². The average Bonchev–Trinajstić information content (AvgIpc) is 2.77. The highest BCUT2D eigenvalue weighted by Gasteiger charge is 2.14. The van der Waals surface area contributed by atoms with Crippen molar-refractivity contribution in [1.82, 2.24) is 14.8 Å². The van der Waals surface area contributed by atoms with Crippen molar-refractivity contribution in [2.24, 2.45) is 7.05 Å². The minimum atomic E-state index is -0.365. The molecule has 0 fully saturated rings. The third-order valence-corrected chi connectivity index (χ3v) is 3.22. The van der Waals surface area contributed by atoms with Crippen LogP contribution in [-0.2, 0) is 7.05 Å². The Kier molecular flexibility index (Phi) is 2.65. The highest BCUT2D eigenvalue weighted by Crippen LogP contribution is 2.28. The number of fused-ring (bicyclic) bond motifs is 1. The van der Waals surface area contributed by atoms with E-state index in [9.17, 15) is 10.1 Å². The van der Waals surface area contributed by atoms with E-state index in [2.05, 4.69) is 10.1 Å². The molecular weight excluding hydrogens is 252 g/mol. The van der Waals surface area contributed by atoms with E-state index in [4.69, 9.17) is 0 Å². The van der Waals surface area contributed by atoms with Gasteiger partial charge in [0, 0.05) is 35.5 Å². The lowest BCUT2D eigenvalue weighted by Crippen LogP contribution is -2.12. The Morgan fingerprint density at radius 2 is 2.15 bits per heavy atom. The summed E-state index contributed by atoms with van der Waals surface area (Å²) < 4.78 is 1.72. The van der Waals surface area contributed by atoms with Crippen molar-refractivity contribution in [1.29, 1.82) is 5.26 Å². The Morgan fingerprint density at radius 1 is 1.35 bits per heavy atom. The van der Waals surface area contributed by atoms with E-state index in [1.165, 1.54) is 0 Å². The molecule has 0 saturated carbocycles. The van der Waals surface area contributed by atoms with Crippen molar-refractivity contribution in [3.05, 3.63) is 52.1 Å². The van der Waals surface area contributed by atoms with Crippen LogP contribution in [0.2, 0.25) is 0 Å². The van der Waals surface area contributed by atoms with Crippen molar-refractivity contribution >= 4 is 10.9 Å². The predicted octanol–water partition coefficient (Wildman–Crippen LogP) is 2.11. The van der Waals surface area contributed by atoms with E-state index in [1.807, 2.05) is 43.6 Å². The Labute approximate surface area is 115 Å². The summed E-state index contributed by atoms with van der Waals surface area (Å²) in [5.41, 5.74) is 2.68. The van der Waals surface area contributed by atoms with Crippen molar-refractivity contribution in [3.8, 4) is 17.2 Å². The van der Waals surface area contributed by atoms with Gasteiger partial charge < -0.3 is 4.98 Å². The van der Waals surface area contributed by atoms with Gasteiger partial charge >= 0.3 is 0 Å². The van der Waals surface area contributed by atoms with Crippen LogP contribution >= 0.6 is 0 Å². The van der Waals surface area contributed by atoms with Crippen LogP contribution in [0.5, 0.6) is 0 Å². The summed E-state index contributed by atoms with van der Waals surface area (Å²) in [5.74, 6) is 0. The third kappa shape index (κ3) is 1.79. The van der Waals surface area contributed by atoms with Gasteiger partial charge in [-0.1, -0.05) is 18.2 Å². The zero-order valence-corrected chi connectivity index (χ0v) is 11.1. The van der Waals surface area contributed by atoms with Gasteiger partial charge in [0.2, 0.25) is 0 Å². The maximum absolute atomic E-state index is 11.9. The predicted molar refractivity (Wildman–Crippen MR) is 76.2 cm³/mol. The fourth-order valence-corrected chi connectivity index (χ4v) is 2.39. The van der Waals surface area contributed by atoms with E-state index in [-0.39, 0.29) is 11.1 Å². The van der Waals surface area contributed by atoms with Crippen LogP contribution in [0.25, 0.3) is 22.0 Å². The molecule has 3 rings (SSSR count). The Balaban J connectivity index is 2.43. The zero-order valence-electron chi connectivity index (χ0n) is 11.1. The number of H-pyrrole nitrogens is 1. The number of hydrogen-bond acceptors (Lipinski definition) is 3. The Bertz CT molecular complexity index is 912. The molecule has 0 atom stereocenters. The number of pyridine rings is 1. The van der Waals surface area contributed by atoms with E-state index in [0.29, 0.717) is 5.56 Å². The van der Waals surface area contributed by atoms with Gasteiger partial charge in [0.25, 0.3) is 5.56 Å². The number of nitrogens with one attached hydrogen (secondary N) is 1. The lowest BCUT2D eigenvalue weighted by Gasteiger charge is -2.06. The normalized spacial score (nSPS) is 10.7. The first-order chi connectivity index (χ1) is 9.60. The molecular formula is C15H12N4O. The Morgan fingerprint density at radius 3 is 2.90 bits per heavy atom. The summed E-state index contributed by atoms with van der Waals surface area (Å²) in [7, 11) is 1.85. The molecule has 1 N–H and O–H groups in total. The zero-order chi connectivity index (χ0) is 14.3. The maximum Gasteiger partial charge on any atom is 0.266 e. The molecule has 3 aromatic rings. The van der Waals surface area contributed by atoms with Crippen LogP contribution in [0.15, 0.2) is 35.3 Å². The maximum atomic E-state index is 11.9. The quantitative estimate of drug-likeness (QED) is 0.731. The molecule has 2 heterocycles. The van der Waals surface area contributed by atoms with E-state index < -0.39 is 0 Å². The summed E-state index contributed by atoms with van der Waals surface area (Å²) in [5, 5.41) is 14.6. The molecule has 0 unspecified atom stereocenters. The molecule has 98 valence electrons. The minimum Gasteiger partial charge on any atom is -0.325 e. The molecule has 0 amide bonds. The number of aromatic nitrogens is 3. The smallest absolute Gasteiger partial charge is 0.266 e. The molecule has 0 aliphatic carbocycles. The topological polar surface area (TPSA) is 74.5 Å². The molecule has 0 saturated heterocycles. The summed E-state index contributed by atoms with van der Waals surface area (Å²) in [6.07, 6.45) is 1.91. The van der Waals surface area contributed by atoms with Crippen LogP contribution in [0, 0.1) is 18.3 Å². The van der Waals surface area contributed by atoms with E-state index in [1.54, 1.807) is 11.6 Å². The number of aromatic amines is 1. The van der Waals surface area contributed by atoms with Crippen LogP contribution < -0.4 is 5.56 Å². The number of hydrogen-bond donors (Lipinski definition) is 1. The fourth-order valence-electron chi connectivity index (χ4n) is 2.39. The second kappa shape index (κ2) is 4.35. The van der Waals surface area contributed by atoms with Crippen LogP contribution in [0.4, 0.5) is 0 Å². The first-order valence-corrected chi connectivity index (χ1v) is 6.17. The van der Waals surface area contributed by atoms with Crippen LogP contribution in [0.1, 0.15) is 11.3 Å². The molecule has 0 radical (unpaired) electrons. The van der Waals surface area contributed by atoms with Crippen LogP contribution in [-0.4, -0.2) is 14.8 Å². The van der Waals surface area contributed by atoms with Gasteiger partial charge in [0.15, 0.2) is 0 Å². The Hall–Kier alpha value is -2.87. The number of benzene rings is 1. The second-order valence-electron chi connectivity index (χ2n) is 4.73. The molecule has 0 spiro atoms. The monoisotopic (exact) mass is 264 g/mol. The highest BCUT2D eigenvalue weighted by molar-refractivity contribution is 5.94.